The van der Waals surface area contributed by atoms with E-state index in [1.54, 1.807) is 14.2 Å². The van der Waals surface area contributed by atoms with E-state index in [-0.39, 0.29) is 11.1 Å². The Kier molecular flexibility index (Phi) is 6.54. The largest absolute Gasteiger partial charge is 0.493 e. The Bertz CT molecular complexity index is 889. The summed E-state index contributed by atoms with van der Waals surface area (Å²) in [6, 6.07) is 13.6. The van der Waals surface area contributed by atoms with Gasteiger partial charge in [0, 0.05) is 10.1 Å². The molecule has 0 saturated carbocycles. The van der Waals surface area contributed by atoms with Crippen molar-refractivity contribution < 1.29 is 19.1 Å². The lowest BCUT2D eigenvalue weighted by Crippen LogP contribution is -2.40. The van der Waals surface area contributed by atoms with Gasteiger partial charge in [-0.05, 0) is 77.4 Å². The molecule has 0 aliphatic carbocycles. The molecule has 0 N–H and O–H groups in total. The topological polar surface area (TPSA) is 55.8 Å². The zero-order chi connectivity index (χ0) is 20.3. The van der Waals surface area contributed by atoms with Crippen molar-refractivity contribution >= 4 is 45.5 Å². The number of rotatable bonds is 7. The zero-order valence-corrected chi connectivity index (χ0v) is 19.0. The van der Waals surface area contributed by atoms with Crippen molar-refractivity contribution in [3.05, 3.63) is 57.2 Å². The SMILES string of the molecule is COc1cc(I)c(CCN2C(=O)SC(C)(Cc3ccccc3)C2=O)cc1OC. The lowest BCUT2D eigenvalue weighted by atomic mass is 9.99. The van der Waals surface area contributed by atoms with Crippen molar-refractivity contribution in [2.45, 2.75) is 24.5 Å². The van der Waals surface area contributed by atoms with E-state index in [1.165, 1.54) is 4.90 Å². The Morgan fingerprint density at radius 1 is 1.07 bits per heavy atom. The highest BCUT2D eigenvalue weighted by Crippen LogP contribution is 2.40. The van der Waals surface area contributed by atoms with Gasteiger partial charge in [0.2, 0.25) is 5.91 Å². The van der Waals surface area contributed by atoms with Gasteiger partial charge in [0.15, 0.2) is 11.5 Å². The summed E-state index contributed by atoms with van der Waals surface area (Å²) in [7, 11) is 3.19. The number of halogens is 1. The van der Waals surface area contributed by atoms with E-state index in [9.17, 15) is 9.59 Å². The molecule has 7 heteroatoms. The molecule has 1 fully saturated rings. The van der Waals surface area contributed by atoms with Gasteiger partial charge in [0.05, 0.1) is 14.2 Å². The Balaban J connectivity index is 1.73. The van der Waals surface area contributed by atoms with Crippen LogP contribution in [0.3, 0.4) is 0 Å². The Labute approximate surface area is 182 Å². The fourth-order valence-corrected chi connectivity index (χ4v) is 5.08. The van der Waals surface area contributed by atoms with Crippen LogP contribution >= 0.6 is 34.4 Å². The summed E-state index contributed by atoms with van der Waals surface area (Å²) in [5.74, 6) is 1.18. The molecule has 0 radical (unpaired) electrons. The average Bonchev–Trinajstić information content (AvgIpc) is 2.89. The molecule has 2 aromatic rings. The van der Waals surface area contributed by atoms with Crippen LogP contribution in [0.2, 0.25) is 0 Å². The molecule has 0 bridgehead atoms. The highest BCUT2D eigenvalue weighted by molar-refractivity contribution is 14.1. The summed E-state index contributed by atoms with van der Waals surface area (Å²) in [6.45, 7) is 2.20. The van der Waals surface area contributed by atoms with E-state index >= 15 is 0 Å². The van der Waals surface area contributed by atoms with Crippen molar-refractivity contribution in [3.8, 4) is 11.5 Å². The van der Waals surface area contributed by atoms with Gasteiger partial charge in [-0.3, -0.25) is 14.5 Å². The highest BCUT2D eigenvalue weighted by atomic mass is 127. The monoisotopic (exact) mass is 511 g/mol. The fraction of sp³-hybridized carbons (Fsp3) is 0.333. The predicted molar refractivity (Wildman–Crippen MR) is 119 cm³/mol. The van der Waals surface area contributed by atoms with Crippen LogP contribution in [0.5, 0.6) is 11.5 Å². The number of nitrogens with zero attached hydrogens (tertiary/aromatic N) is 1. The van der Waals surface area contributed by atoms with E-state index in [1.807, 2.05) is 49.4 Å². The van der Waals surface area contributed by atoms with Crippen LogP contribution < -0.4 is 9.47 Å². The molecule has 1 unspecified atom stereocenters. The second-order valence-electron chi connectivity index (χ2n) is 6.77. The molecule has 1 saturated heterocycles. The first-order valence-corrected chi connectivity index (χ1v) is 10.8. The van der Waals surface area contributed by atoms with E-state index in [4.69, 9.17) is 9.47 Å². The number of ether oxygens (including phenoxy) is 2. The molecule has 0 spiro atoms. The molecule has 2 aromatic carbocycles. The number of methoxy groups -OCH3 is 2. The van der Waals surface area contributed by atoms with Crippen molar-refractivity contribution in [3.63, 3.8) is 0 Å². The van der Waals surface area contributed by atoms with Gasteiger partial charge in [0.1, 0.15) is 4.75 Å². The lowest BCUT2D eigenvalue weighted by Gasteiger charge is -2.21. The van der Waals surface area contributed by atoms with Crippen LogP contribution in [0.15, 0.2) is 42.5 Å². The molecule has 5 nitrogen and oxygen atoms in total. The van der Waals surface area contributed by atoms with Crippen molar-refractivity contribution in [1.29, 1.82) is 0 Å². The lowest BCUT2D eigenvalue weighted by molar-refractivity contribution is -0.129. The molecule has 28 heavy (non-hydrogen) atoms. The number of amides is 2. The Morgan fingerprint density at radius 3 is 2.36 bits per heavy atom. The number of thioether (sulfide) groups is 1. The second kappa shape index (κ2) is 8.73. The molecule has 2 amide bonds. The first-order chi connectivity index (χ1) is 13.4. The molecular formula is C21H22INO4S. The minimum atomic E-state index is -0.761. The molecule has 1 atom stereocenters. The number of carbonyl (C=O) groups is 2. The van der Waals surface area contributed by atoms with Gasteiger partial charge in [-0.2, -0.15) is 0 Å². The van der Waals surface area contributed by atoms with Crippen LogP contribution in [-0.2, 0) is 17.6 Å². The van der Waals surface area contributed by atoms with Crippen LogP contribution in [-0.4, -0.2) is 41.6 Å². The van der Waals surface area contributed by atoms with Crippen LogP contribution in [0.25, 0.3) is 0 Å². The minimum absolute atomic E-state index is 0.123. The van der Waals surface area contributed by atoms with Gasteiger partial charge in [-0.25, -0.2) is 0 Å². The van der Waals surface area contributed by atoms with Crippen molar-refractivity contribution in [1.82, 2.24) is 4.90 Å². The van der Waals surface area contributed by atoms with Gasteiger partial charge in [0.25, 0.3) is 5.24 Å². The summed E-state index contributed by atoms with van der Waals surface area (Å²) in [4.78, 5) is 26.9. The third-order valence-electron chi connectivity index (χ3n) is 4.77. The highest BCUT2D eigenvalue weighted by Gasteiger charge is 2.48. The summed E-state index contributed by atoms with van der Waals surface area (Å²) in [5.41, 5.74) is 2.07. The van der Waals surface area contributed by atoms with Crippen LogP contribution in [0.1, 0.15) is 18.1 Å². The van der Waals surface area contributed by atoms with Gasteiger partial charge < -0.3 is 9.47 Å². The maximum Gasteiger partial charge on any atom is 0.289 e. The smallest absolute Gasteiger partial charge is 0.289 e. The summed E-state index contributed by atoms with van der Waals surface area (Å²) in [6.07, 6.45) is 1.10. The van der Waals surface area contributed by atoms with Crippen LogP contribution in [0, 0.1) is 3.57 Å². The Morgan fingerprint density at radius 2 is 1.71 bits per heavy atom. The third kappa shape index (κ3) is 4.30. The van der Waals surface area contributed by atoms with Gasteiger partial charge >= 0.3 is 0 Å². The molecule has 3 rings (SSSR count). The summed E-state index contributed by atoms with van der Waals surface area (Å²) in [5, 5.41) is -0.182. The predicted octanol–water partition coefficient (Wildman–Crippen LogP) is 4.55. The normalized spacial score (nSPS) is 19.2. The molecule has 0 aromatic heterocycles. The number of imide groups is 1. The minimum Gasteiger partial charge on any atom is -0.493 e. The Hall–Kier alpha value is -1.74. The summed E-state index contributed by atoms with van der Waals surface area (Å²) >= 11 is 3.36. The quantitative estimate of drug-likeness (QED) is 0.511. The first kappa shape index (κ1) is 21.0. The molecule has 1 aliphatic heterocycles. The number of benzene rings is 2. The van der Waals surface area contributed by atoms with E-state index in [0.29, 0.717) is 30.9 Å². The molecule has 148 valence electrons. The van der Waals surface area contributed by atoms with E-state index in [2.05, 4.69) is 22.6 Å². The first-order valence-electron chi connectivity index (χ1n) is 8.87. The maximum absolute atomic E-state index is 13.0. The van der Waals surface area contributed by atoms with Crippen molar-refractivity contribution in [2.24, 2.45) is 0 Å². The molecule has 1 heterocycles. The van der Waals surface area contributed by atoms with Gasteiger partial charge in [-0.15, -0.1) is 0 Å². The third-order valence-corrected chi connectivity index (χ3v) is 6.94. The van der Waals surface area contributed by atoms with E-state index < -0.39 is 4.75 Å². The van der Waals surface area contributed by atoms with Gasteiger partial charge in [-0.1, -0.05) is 30.3 Å². The summed E-state index contributed by atoms with van der Waals surface area (Å²) < 4.78 is 10.9. The fourth-order valence-electron chi connectivity index (χ4n) is 3.27. The maximum atomic E-state index is 13.0. The number of carbonyl (C=O) groups excluding carboxylic acids is 2. The second-order valence-corrected chi connectivity index (χ2v) is 9.38. The number of hydrogen-bond acceptors (Lipinski definition) is 5. The number of hydrogen-bond donors (Lipinski definition) is 0. The molecular weight excluding hydrogens is 489 g/mol. The molecule has 1 aliphatic rings. The zero-order valence-electron chi connectivity index (χ0n) is 16.0. The standard InChI is InChI=1S/C21H22INO4S/c1-21(13-14-7-5-4-6-8-14)19(24)23(20(25)28-21)10-9-15-11-17(26-2)18(27-3)12-16(15)22/h4-8,11-12H,9-10,13H2,1-3H3. The van der Waals surface area contributed by atoms with E-state index in [0.717, 1.165) is 26.5 Å². The van der Waals surface area contributed by atoms with Crippen molar-refractivity contribution in [2.75, 3.05) is 20.8 Å². The average molecular weight is 511 g/mol. The van der Waals surface area contributed by atoms with Crippen LogP contribution in [0.4, 0.5) is 4.79 Å².